The fourth-order valence-corrected chi connectivity index (χ4v) is 2.46. The first kappa shape index (κ1) is 17.0. The van der Waals surface area contributed by atoms with Crippen LogP contribution in [0, 0.1) is 0 Å². The predicted molar refractivity (Wildman–Crippen MR) is 74.3 cm³/mol. The van der Waals surface area contributed by atoms with Gasteiger partial charge in [0.25, 0.3) is 0 Å². The third kappa shape index (κ3) is 4.30. The topological polar surface area (TPSA) is 87.1 Å². The number of rotatable bonds is 1. The van der Waals surface area contributed by atoms with E-state index in [-0.39, 0.29) is 10.9 Å². The molecule has 2 N–H and O–H groups in total. The van der Waals surface area contributed by atoms with Crippen LogP contribution in [-0.4, -0.2) is 18.0 Å². The van der Waals surface area contributed by atoms with E-state index >= 15 is 0 Å². The molecule has 122 valence electrons. The molecule has 0 spiro atoms. The fraction of sp³-hybridized carbons (Fsp3) is 0.0714. The smallest absolute Gasteiger partial charge is 0.416 e. The SMILES string of the molecule is O=S(=O)([O-])c1c[nH]c2ccc(C(F)(F)F)cc12.c1cc[nH+]cc1. The van der Waals surface area contributed by atoms with Gasteiger partial charge in [-0.05, 0) is 18.2 Å². The van der Waals surface area contributed by atoms with Gasteiger partial charge in [-0.25, -0.2) is 13.4 Å². The van der Waals surface area contributed by atoms with Crippen LogP contribution < -0.4 is 4.98 Å². The van der Waals surface area contributed by atoms with E-state index in [0.717, 1.165) is 18.3 Å². The summed E-state index contributed by atoms with van der Waals surface area (Å²) >= 11 is 0. The summed E-state index contributed by atoms with van der Waals surface area (Å²) in [6, 6.07) is 8.37. The van der Waals surface area contributed by atoms with Gasteiger partial charge in [0, 0.05) is 29.2 Å². The number of aromatic nitrogens is 2. The molecule has 0 saturated carbocycles. The van der Waals surface area contributed by atoms with E-state index in [4.69, 9.17) is 0 Å². The van der Waals surface area contributed by atoms with Gasteiger partial charge >= 0.3 is 6.18 Å². The van der Waals surface area contributed by atoms with Crippen molar-refractivity contribution >= 4 is 21.0 Å². The summed E-state index contributed by atoms with van der Waals surface area (Å²) in [6.45, 7) is 0. The number of H-pyrrole nitrogens is 2. The summed E-state index contributed by atoms with van der Waals surface area (Å²) in [5.74, 6) is 0. The molecule has 0 aliphatic heterocycles. The Balaban J connectivity index is 0.000000268. The number of fused-ring (bicyclic) bond motifs is 1. The van der Waals surface area contributed by atoms with Crippen LogP contribution in [0.4, 0.5) is 13.2 Å². The maximum atomic E-state index is 12.4. The summed E-state index contributed by atoms with van der Waals surface area (Å²) in [5.41, 5.74) is -0.845. The highest BCUT2D eigenvalue weighted by Gasteiger charge is 2.31. The number of nitrogens with one attached hydrogen (secondary N) is 2. The predicted octanol–water partition coefficient (Wildman–Crippen LogP) is 2.59. The number of benzene rings is 1. The summed E-state index contributed by atoms with van der Waals surface area (Å²) in [4.78, 5) is 4.64. The molecule has 2 aromatic heterocycles. The number of halogens is 3. The van der Waals surface area contributed by atoms with Gasteiger partial charge in [-0.15, -0.1) is 0 Å². The second-order valence-electron chi connectivity index (χ2n) is 4.44. The largest absolute Gasteiger partial charge is 0.744 e. The maximum absolute atomic E-state index is 12.4. The monoisotopic (exact) mass is 344 g/mol. The van der Waals surface area contributed by atoms with E-state index in [2.05, 4.69) is 9.97 Å². The summed E-state index contributed by atoms with van der Waals surface area (Å²) in [6.07, 6.45) is 0.0442. The van der Waals surface area contributed by atoms with Gasteiger partial charge < -0.3 is 9.54 Å². The van der Waals surface area contributed by atoms with Gasteiger partial charge in [0.05, 0.1) is 10.5 Å². The number of hydrogen-bond donors (Lipinski definition) is 1. The van der Waals surface area contributed by atoms with Crippen molar-refractivity contribution in [1.29, 1.82) is 0 Å². The van der Waals surface area contributed by atoms with Crippen molar-refractivity contribution in [3.05, 3.63) is 60.6 Å². The van der Waals surface area contributed by atoms with Crippen molar-refractivity contribution in [3.63, 3.8) is 0 Å². The molecule has 0 amide bonds. The van der Waals surface area contributed by atoms with Crippen LogP contribution in [-0.2, 0) is 16.3 Å². The number of hydrogen-bond acceptors (Lipinski definition) is 3. The van der Waals surface area contributed by atoms with Crippen LogP contribution in [0.15, 0.2) is 59.9 Å². The molecular formula is C14H11F3N2O3S. The lowest BCUT2D eigenvalue weighted by molar-refractivity contribution is -0.377. The molecule has 2 heterocycles. The van der Waals surface area contributed by atoms with E-state index in [0.29, 0.717) is 6.07 Å². The minimum atomic E-state index is -4.80. The first-order valence-electron chi connectivity index (χ1n) is 6.25. The summed E-state index contributed by atoms with van der Waals surface area (Å²) < 4.78 is 69.7. The molecule has 9 heteroatoms. The van der Waals surface area contributed by atoms with Crippen LogP contribution in [0.1, 0.15) is 5.56 Å². The Bertz CT molecular complexity index is 864. The zero-order chi connectivity index (χ0) is 17.1. The van der Waals surface area contributed by atoms with E-state index < -0.39 is 26.8 Å². The van der Waals surface area contributed by atoms with Crippen LogP contribution in [0.2, 0.25) is 0 Å². The lowest BCUT2D eigenvalue weighted by Gasteiger charge is -2.08. The molecule has 0 fully saturated rings. The highest BCUT2D eigenvalue weighted by Crippen LogP contribution is 2.33. The van der Waals surface area contributed by atoms with Gasteiger partial charge in [0.2, 0.25) is 0 Å². The lowest BCUT2D eigenvalue weighted by atomic mass is 10.1. The zero-order valence-corrected chi connectivity index (χ0v) is 12.3. The third-order valence-corrected chi connectivity index (χ3v) is 3.72. The molecule has 0 radical (unpaired) electrons. The van der Waals surface area contributed by atoms with E-state index in [9.17, 15) is 26.1 Å². The molecule has 1 aromatic carbocycles. The van der Waals surface area contributed by atoms with Gasteiger partial charge in [0.15, 0.2) is 12.4 Å². The van der Waals surface area contributed by atoms with Crippen molar-refractivity contribution in [3.8, 4) is 0 Å². The average Bonchev–Trinajstić information content (AvgIpc) is 2.92. The third-order valence-electron chi connectivity index (χ3n) is 2.85. The molecule has 0 aliphatic rings. The Morgan fingerprint density at radius 1 is 1.09 bits per heavy atom. The van der Waals surface area contributed by atoms with E-state index in [1.54, 1.807) is 0 Å². The Morgan fingerprint density at radius 3 is 2.17 bits per heavy atom. The Labute approximate surface area is 129 Å². The van der Waals surface area contributed by atoms with Crippen LogP contribution >= 0.6 is 0 Å². The Kier molecular flexibility index (Phi) is 4.71. The average molecular weight is 344 g/mol. The van der Waals surface area contributed by atoms with Crippen LogP contribution in [0.3, 0.4) is 0 Å². The molecule has 0 aliphatic carbocycles. The molecule has 0 bridgehead atoms. The summed E-state index contributed by atoms with van der Waals surface area (Å²) in [7, 11) is -4.80. The molecule has 3 aromatic rings. The number of pyridine rings is 1. The maximum Gasteiger partial charge on any atom is 0.416 e. The molecule has 23 heavy (non-hydrogen) atoms. The fourth-order valence-electron chi connectivity index (χ4n) is 1.82. The van der Waals surface area contributed by atoms with E-state index in [1.165, 1.54) is 0 Å². The molecule has 5 nitrogen and oxygen atoms in total. The highest BCUT2D eigenvalue weighted by molar-refractivity contribution is 7.86. The van der Waals surface area contributed by atoms with Crippen LogP contribution in [0.5, 0.6) is 0 Å². The first-order chi connectivity index (χ1) is 10.7. The normalized spacial score (nSPS) is 11.8. The van der Waals surface area contributed by atoms with Crippen molar-refractivity contribution in [1.82, 2.24) is 4.98 Å². The Morgan fingerprint density at radius 2 is 1.74 bits per heavy atom. The Hall–Kier alpha value is -2.39. The minimum Gasteiger partial charge on any atom is -0.744 e. The summed E-state index contributed by atoms with van der Waals surface area (Å²) in [5, 5.41) is -0.255. The molecule has 0 atom stereocenters. The van der Waals surface area contributed by atoms with Crippen molar-refractivity contribution in [2.24, 2.45) is 0 Å². The zero-order valence-electron chi connectivity index (χ0n) is 11.5. The van der Waals surface area contributed by atoms with E-state index in [1.807, 2.05) is 30.6 Å². The van der Waals surface area contributed by atoms with Gasteiger partial charge in [-0.2, -0.15) is 13.2 Å². The highest BCUT2D eigenvalue weighted by atomic mass is 32.2. The second-order valence-corrected chi connectivity index (χ2v) is 5.79. The van der Waals surface area contributed by atoms with Gasteiger partial charge in [0.1, 0.15) is 10.1 Å². The molecule has 0 unspecified atom stereocenters. The molecule has 3 rings (SSSR count). The number of alkyl halides is 3. The van der Waals surface area contributed by atoms with Crippen molar-refractivity contribution < 1.29 is 31.1 Å². The minimum absolute atomic E-state index is 0.160. The lowest BCUT2D eigenvalue weighted by Crippen LogP contribution is -2.04. The molecule has 0 saturated heterocycles. The van der Waals surface area contributed by atoms with Gasteiger partial charge in [-0.1, -0.05) is 6.07 Å². The number of aromatic amines is 2. The standard InChI is InChI=1S/C9H6F3NO3S.C5H5N/c10-9(11,12)5-1-2-7-6(3-5)8(4-13-7)17(14,15)16;1-2-4-6-5-3-1/h1-4,13H,(H,14,15,16);1-5H. The van der Waals surface area contributed by atoms with Crippen molar-refractivity contribution in [2.75, 3.05) is 0 Å². The second kappa shape index (κ2) is 6.39. The van der Waals surface area contributed by atoms with Gasteiger partial charge in [-0.3, -0.25) is 0 Å². The van der Waals surface area contributed by atoms with Crippen LogP contribution in [0.25, 0.3) is 10.9 Å². The van der Waals surface area contributed by atoms with Crippen molar-refractivity contribution in [2.45, 2.75) is 11.1 Å². The molecular weight excluding hydrogens is 333 g/mol. The first-order valence-corrected chi connectivity index (χ1v) is 7.66. The quantitative estimate of drug-likeness (QED) is 0.688.